The summed E-state index contributed by atoms with van der Waals surface area (Å²) in [6.45, 7) is 4.05. The van der Waals surface area contributed by atoms with Crippen molar-refractivity contribution in [1.29, 1.82) is 0 Å². The predicted octanol–water partition coefficient (Wildman–Crippen LogP) is 8.41. The van der Waals surface area contributed by atoms with Crippen LogP contribution in [0, 0.1) is 19.8 Å². The molecule has 202 valence electrons. The van der Waals surface area contributed by atoms with Gasteiger partial charge in [-0.1, -0.05) is 75.6 Å². The number of aliphatic imine (C=N–C) groups is 1. The van der Waals surface area contributed by atoms with Gasteiger partial charge in [-0.3, -0.25) is 4.99 Å². The summed E-state index contributed by atoms with van der Waals surface area (Å²) in [5.41, 5.74) is 7.38. The van der Waals surface area contributed by atoms with Crippen molar-refractivity contribution >= 4 is 43.6 Å². The lowest BCUT2D eigenvalue weighted by Crippen LogP contribution is -2.29. The van der Waals surface area contributed by atoms with E-state index in [9.17, 15) is 8.42 Å². The first-order chi connectivity index (χ1) is 19.3. The normalized spacial score (nSPS) is 19.7. The van der Waals surface area contributed by atoms with Gasteiger partial charge in [0.05, 0.1) is 11.7 Å². The Hall–Kier alpha value is -3.68. The van der Waals surface area contributed by atoms with Gasteiger partial charge >= 0.3 is 10.1 Å². The summed E-state index contributed by atoms with van der Waals surface area (Å²) in [6, 6.07) is 26.8. The monoisotopic (exact) mass is 612 g/mol. The third-order valence-corrected chi connectivity index (χ3v) is 9.35. The van der Waals surface area contributed by atoms with Crippen LogP contribution in [0.15, 0.2) is 111 Å². The van der Waals surface area contributed by atoms with Gasteiger partial charge in [-0.2, -0.15) is 8.42 Å². The van der Waals surface area contributed by atoms with E-state index in [-0.39, 0.29) is 16.7 Å². The van der Waals surface area contributed by atoms with E-state index in [0.29, 0.717) is 17.4 Å². The minimum absolute atomic E-state index is 0.105. The van der Waals surface area contributed by atoms with Gasteiger partial charge in [0.25, 0.3) is 0 Å². The SMILES string of the molecule is Cc1ccc(S(=O)(=O)Oc2ccc(Br)cc2C=Nc2ccc([C@@H]3Nc4ccc(C)cc4[C@H]4C=CC[C@H]43)cc2)cc1. The molecular formula is C33H29BrN2O3S. The highest BCUT2D eigenvalue weighted by atomic mass is 79.9. The number of nitrogens with one attached hydrogen (secondary N) is 1. The molecule has 0 spiro atoms. The zero-order chi connectivity index (χ0) is 27.9. The fourth-order valence-electron chi connectivity index (χ4n) is 5.52. The van der Waals surface area contributed by atoms with E-state index in [1.165, 1.54) is 22.4 Å². The predicted molar refractivity (Wildman–Crippen MR) is 164 cm³/mol. The minimum Gasteiger partial charge on any atom is -0.378 e. The first-order valence-electron chi connectivity index (χ1n) is 13.3. The Morgan fingerprint density at radius 1 is 0.925 bits per heavy atom. The van der Waals surface area contributed by atoms with E-state index >= 15 is 0 Å². The summed E-state index contributed by atoms with van der Waals surface area (Å²) in [5, 5.41) is 3.78. The molecule has 3 atom stereocenters. The summed E-state index contributed by atoms with van der Waals surface area (Å²) in [5.74, 6) is 1.11. The first kappa shape index (κ1) is 26.5. The van der Waals surface area contributed by atoms with E-state index in [0.717, 1.165) is 22.1 Å². The Balaban J connectivity index is 1.23. The molecule has 6 rings (SSSR count). The Bertz CT molecular complexity index is 1730. The van der Waals surface area contributed by atoms with Crippen molar-refractivity contribution in [3.8, 4) is 5.75 Å². The van der Waals surface area contributed by atoms with Crippen LogP contribution >= 0.6 is 15.9 Å². The molecule has 0 bridgehead atoms. The topological polar surface area (TPSA) is 67.8 Å². The Labute approximate surface area is 243 Å². The number of anilines is 1. The molecule has 0 amide bonds. The van der Waals surface area contributed by atoms with Crippen molar-refractivity contribution < 1.29 is 12.6 Å². The standard InChI is InChI=1S/C33H29BrN2O3S/c1-21-6-14-27(15-7-21)40(37,38)39-32-17-11-25(34)19-24(32)20-35-26-12-9-23(10-13-26)33-29-5-3-4-28(29)30-18-22(2)8-16-31(30)36-33/h3-4,6-20,28-29,33,36H,5H2,1-2H3/t28-,29+,33-/m0/s1. The number of allylic oxidation sites excluding steroid dienone is 2. The highest BCUT2D eigenvalue weighted by Crippen LogP contribution is 2.50. The van der Waals surface area contributed by atoms with Crippen LogP contribution in [0.3, 0.4) is 0 Å². The number of hydrogen-bond donors (Lipinski definition) is 1. The molecular weight excluding hydrogens is 584 g/mol. The molecule has 40 heavy (non-hydrogen) atoms. The van der Waals surface area contributed by atoms with Gasteiger partial charge < -0.3 is 9.50 Å². The van der Waals surface area contributed by atoms with Crippen LogP contribution in [-0.4, -0.2) is 14.6 Å². The molecule has 0 saturated carbocycles. The molecule has 7 heteroatoms. The molecule has 1 aliphatic heterocycles. The maximum absolute atomic E-state index is 12.9. The molecule has 0 unspecified atom stereocenters. The zero-order valence-electron chi connectivity index (χ0n) is 22.2. The van der Waals surface area contributed by atoms with Crippen LogP contribution in [-0.2, 0) is 10.1 Å². The quantitative estimate of drug-likeness (QED) is 0.135. The number of benzene rings is 4. The van der Waals surface area contributed by atoms with E-state index in [2.05, 4.69) is 75.6 Å². The van der Waals surface area contributed by atoms with E-state index in [1.54, 1.807) is 48.7 Å². The first-order valence-corrected chi connectivity index (χ1v) is 15.5. The summed E-state index contributed by atoms with van der Waals surface area (Å²) < 4.78 is 32.1. The maximum Gasteiger partial charge on any atom is 0.339 e. The van der Waals surface area contributed by atoms with Crippen molar-refractivity contribution in [2.45, 2.75) is 37.1 Å². The van der Waals surface area contributed by atoms with E-state index in [1.807, 2.05) is 19.1 Å². The van der Waals surface area contributed by atoms with E-state index in [4.69, 9.17) is 4.18 Å². The molecule has 0 fully saturated rings. The number of nitrogens with zero attached hydrogens (tertiary/aromatic N) is 1. The van der Waals surface area contributed by atoms with Crippen LogP contribution in [0.4, 0.5) is 11.4 Å². The number of rotatable bonds is 6. The molecule has 4 aromatic rings. The number of fused-ring (bicyclic) bond motifs is 3. The van der Waals surface area contributed by atoms with Crippen LogP contribution in [0.2, 0.25) is 0 Å². The number of hydrogen-bond acceptors (Lipinski definition) is 5. The molecule has 0 saturated heterocycles. The lowest BCUT2D eigenvalue weighted by Gasteiger charge is -2.37. The van der Waals surface area contributed by atoms with Crippen LogP contribution in [0.25, 0.3) is 0 Å². The highest BCUT2D eigenvalue weighted by Gasteiger charge is 2.37. The molecule has 0 aromatic heterocycles. The molecule has 1 heterocycles. The van der Waals surface area contributed by atoms with Crippen molar-refractivity contribution in [1.82, 2.24) is 0 Å². The van der Waals surface area contributed by atoms with Gasteiger partial charge in [0.1, 0.15) is 4.90 Å². The van der Waals surface area contributed by atoms with Crippen LogP contribution in [0.5, 0.6) is 5.75 Å². The van der Waals surface area contributed by atoms with Gasteiger partial charge in [-0.25, -0.2) is 0 Å². The number of halogens is 1. The molecule has 0 radical (unpaired) electrons. The summed E-state index contributed by atoms with van der Waals surface area (Å²) in [4.78, 5) is 4.74. The lowest BCUT2D eigenvalue weighted by molar-refractivity contribution is 0.425. The Kier molecular flexibility index (Phi) is 7.11. The maximum atomic E-state index is 12.9. The number of aryl methyl sites for hydroxylation is 2. The summed E-state index contributed by atoms with van der Waals surface area (Å²) >= 11 is 3.47. The zero-order valence-corrected chi connectivity index (χ0v) is 24.6. The second-order valence-corrected chi connectivity index (χ2v) is 12.9. The van der Waals surface area contributed by atoms with Crippen molar-refractivity contribution in [2.24, 2.45) is 10.9 Å². The Morgan fingerprint density at radius 2 is 1.68 bits per heavy atom. The summed E-state index contributed by atoms with van der Waals surface area (Å²) in [6.07, 6.45) is 7.34. The minimum atomic E-state index is -3.99. The third kappa shape index (κ3) is 5.36. The van der Waals surface area contributed by atoms with Gasteiger partial charge in [0.15, 0.2) is 5.75 Å². The van der Waals surface area contributed by atoms with Gasteiger partial charge in [-0.05, 0) is 85.8 Å². The smallest absolute Gasteiger partial charge is 0.339 e. The average Bonchev–Trinajstić information content (AvgIpc) is 3.44. The largest absolute Gasteiger partial charge is 0.378 e. The fourth-order valence-corrected chi connectivity index (χ4v) is 6.86. The van der Waals surface area contributed by atoms with Crippen LogP contribution in [0.1, 0.15) is 46.2 Å². The van der Waals surface area contributed by atoms with E-state index < -0.39 is 10.1 Å². The Morgan fingerprint density at radius 3 is 2.45 bits per heavy atom. The van der Waals surface area contributed by atoms with Crippen molar-refractivity contribution in [3.63, 3.8) is 0 Å². The molecule has 2 aliphatic rings. The lowest BCUT2D eigenvalue weighted by atomic mass is 9.76. The molecule has 5 nitrogen and oxygen atoms in total. The van der Waals surface area contributed by atoms with Crippen molar-refractivity contribution in [3.05, 3.63) is 129 Å². The van der Waals surface area contributed by atoms with Crippen LogP contribution < -0.4 is 9.50 Å². The van der Waals surface area contributed by atoms with Crippen molar-refractivity contribution in [2.75, 3.05) is 5.32 Å². The second kappa shape index (κ2) is 10.7. The second-order valence-electron chi connectivity index (χ2n) is 10.4. The molecule has 1 N–H and O–H groups in total. The fraction of sp³-hybridized carbons (Fsp3) is 0.182. The molecule has 1 aliphatic carbocycles. The molecule has 4 aromatic carbocycles. The van der Waals surface area contributed by atoms with Gasteiger partial charge in [0, 0.05) is 27.9 Å². The van der Waals surface area contributed by atoms with Gasteiger partial charge in [-0.15, -0.1) is 0 Å². The van der Waals surface area contributed by atoms with Gasteiger partial charge in [0.2, 0.25) is 0 Å². The third-order valence-electron chi connectivity index (χ3n) is 7.60. The summed E-state index contributed by atoms with van der Waals surface area (Å²) in [7, 11) is -3.99. The average molecular weight is 614 g/mol. The highest BCUT2D eigenvalue weighted by molar-refractivity contribution is 9.10.